The molecule has 1 aliphatic heterocycles. The average Bonchev–Trinajstić information content (AvgIpc) is 2.51. The second kappa shape index (κ2) is 3.72. The molecule has 0 spiro atoms. The Morgan fingerprint density at radius 3 is 2.47 bits per heavy atom. The predicted molar refractivity (Wildman–Crippen MR) is 61.4 cm³/mol. The summed E-state index contributed by atoms with van der Waals surface area (Å²) in [6.45, 7) is 6.38. The van der Waals surface area contributed by atoms with Crippen LogP contribution < -0.4 is 10.6 Å². The SMILES string of the molecule is CC1CN(c2cccc(F)c2N)CC1C. The van der Waals surface area contributed by atoms with E-state index in [1.165, 1.54) is 6.07 Å². The van der Waals surface area contributed by atoms with Gasteiger partial charge in [0.05, 0.1) is 11.4 Å². The molecular weight excluding hydrogens is 191 g/mol. The highest BCUT2D eigenvalue weighted by Crippen LogP contribution is 2.32. The van der Waals surface area contributed by atoms with E-state index in [-0.39, 0.29) is 11.5 Å². The third-order valence-corrected chi connectivity index (χ3v) is 3.36. The van der Waals surface area contributed by atoms with Crippen LogP contribution in [0.4, 0.5) is 15.8 Å². The molecule has 1 saturated heterocycles. The van der Waals surface area contributed by atoms with Crippen LogP contribution in [0.3, 0.4) is 0 Å². The van der Waals surface area contributed by atoms with Crippen molar-refractivity contribution in [3.8, 4) is 0 Å². The van der Waals surface area contributed by atoms with Gasteiger partial charge >= 0.3 is 0 Å². The van der Waals surface area contributed by atoms with Crippen molar-refractivity contribution in [1.82, 2.24) is 0 Å². The first kappa shape index (κ1) is 10.3. The molecule has 0 radical (unpaired) electrons. The van der Waals surface area contributed by atoms with Gasteiger partial charge in [0, 0.05) is 13.1 Å². The van der Waals surface area contributed by atoms with Crippen LogP contribution in [0.2, 0.25) is 0 Å². The van der Waals surface area contributed by atoms with E-state index < -0.39 is 0 Å². The highest BCUT2D eigenvalue weighted by Gasteiger charge is 2.27. The Kier molecular flexibility index (Phi) is 2.55. The molecule has 1 aromatic carbocycles. The van der Waals surface area contributed by atoms with Crippen molar-refractivity contribution in [2.24, 2.45) is 11.8 Å². The van der Waals surface area contributed by atoms with E-state index in [9.17, 15) is 4.39 Å². The summed E-state index contributed by atoms with van der Waals surface area (Å²) in [5, 5.41) is 0. The third-order valence-electron chi connectivity index (χ3n) is 3.36. The molecule has 15 heavy (non-hydrogen) atoms. The van der Waals surface area contributed by atoms with Crippen molar-refractivity contribution in [2.45, 2.75) is 13.8 Å². The largest absolute Gasteiger partial charge is 0.395 e. The quantitative estimate of drug-likeness (QED) is 0.718. The Morgan fingerprint density at radius 1 is 1.27 bits per heavy atom. The van der Waals surface area contributed by atoms with Crippen molar-refractivity contribution < 1.29 is 4.39 Å². The van der Waals surface area contributed by atoms with Crippen LogP contribution in [-0.4, -0.2) is 13.1 Å². The third kappa shape index (κ3) is 1.78. The first-order valence-corrected chi connectivity index (χ1v) is 5.38. The molecule has 2 N–H and O–H groups in total. The normalized spacial score (nSPS) is 25.9. The van der Waals surface area contributed by atoms with E-state index in [4.69, 9.17) is 5.73 Å². The van der Waals surface area contributed by atoms with Gasteiger partial charge in [-0.2, -0.15) is 0 Å². The zero-order chi connectivity index (χ0) is 11.0. The van der Waals surface area contributed by atoms with Crippen molar-refractivity contribution >= 4 is 11.4 Å². The molecule has 1 aromatic rings. The lowest BCUT2D eigenvalue weighted by atomic mass is 10.0. The fourth-order valence-corrected chi connectivity index (χ4v) is 2.13. The summed E-state index contributed by atoms with van der Waals surface area (Å²) in [7, 11) is 0. The Labute approximate surface area is 89.9 Å². The molecule has 0 saturated carbocycles. The fourth-order valence-electron chi connectivity index (χ4n) is 2.13. The van der Waals surface area contributed by atoms with Gasteiger partial charge in [-0.25, -0.2) is 4.39 Å². The Balaban J connectivity index is 2.27. The number of hydrogen-bond donors (Lipinski definition) is 1. The number of rotatable bonds is 1. The van der Waals surface area contributed by atoms with Crippen LogP contribution in [0.1, 0.15) is 13.8 Å². The highest BCUT2D eigenvalue weighted by atomic mass is 19.1. The van der Waals surface area contributed by atoms with Gasteiger partial charge in [-0.15, -0.1) is 0 Å². The number of nitrogens with zero attached hydrogens (tertiary/aromatic N) is 1. The summed E-state index contributed by atoms with van der Waals surface area (Å²) in [6, 6.07) is 5.01. The molecule has 2 unspecified atom stereocenters. The van der Waals surface area contributed by atoms with Crippen molar-refractivity contribution in [1.29, 1.82) is 0 Å². The summed E-state index contributed by atoms with van der Waals surface area (Å²) >= 11 is 0. The number of nitrogen functional groups attached to an aromatic ring is 1. The monoisotopic (exact) mass is 208 g/mol. The van der Waals surface area contributed by atoms with Crippen LogP contribution in [0.15, 0.2) is 18.2 Å². The van der Waals surface area contributed by atoms with Crippen LogP contribution in [0.25, 0.3) is 0 Å². The maximum Gasteiger partial charge on any atom is 0.148 e. The van der Waals surface area contributed by atoms with Crippen LogP contribution in [0, 0.1) is 17.7 Å². The number of benzene rings is 1. The van der Waals surface area contributed by atoms with Gasteiger partial charge in [-0.3, -0.25) is 0 Å². The number of halogens is 1. The summed E-state index contributed by atoms with van der Waals surface area (Å²) in [4.78, 5) is 2.17. The topological polar surface area (TPSA) is 29.3 Å². The van der Waals surface area contributed by atoms with Gasteiger partial charge in [-0.1, -0.05) is 19.9 Å². The van der Waals surface area contributed by atoms with Crippen LogP contribution in [-0.2, 0) is 0 Å². The fraction of sp³-hybridized carbons (Fsp3) is 0.500. The molecule has 3 heteroatoms. The summed E-state index contributed by atoms with van der Waals surface area (Å²) in [5.41, 5.74) is 6.85. The summed E-state index contributed by atoms with van der Waals surface area (Å²) in [6.07, 6.45) is 0. The first-order valence-electron chi connectivity index (χ1n) is 5.38. The molecule has 2 nitrogen and oxygen atoms in total. The molecule has 0 aliphatic carbocycles. The number of anilines is 2. The minimum atomic E-state index is -0.320. The van der Waals surface area contributed by atoms with Crippen molar-refractivity contribution in [3.63, 3.8) is 0 Å². The predicted octanol–water partition coefficient (Wildman–Crippen LogP) is 2.50. The van der Waals surface area contributed by atoms with E-state index in [2.05, 4.69) is 18.7 Å². The molecule has 2 atom stereocenters. The maximum atomic E-state index is 13.3. The van der Waals surface area contributed by atoms with Crippen LogP contribution >= 0.6 is 0 Å². The molecule has 1 fully saturated rings. The van der Waals surface area contributed by atoms with Gasteiger partial charge in [0.25, 0.3) is 0 Å². The van der Waals surface area contributed by atoms with Gasteiger partial charge in [0.15, 0.2) is 0 Å². The number of hydrogen-bond acceptors (Lipinski definition) is 2. The summed E-state index contributed by atoms with van der Waals surface area (Å²) < 4.78 is 13.3. The average molecular weight is 208 g/mol. The Bertz CT molecular complexity index is 355. The molecule has 0 amide bonds. The Hall–Kier alpha value is -1.25. The van der Waals surface area contributed by atoms with Gasteiger partial charge in [0.1, 0.15) is 5.82 Å². The van der Waals surface area contributed by atoms with E-state index in [0.717, 1.165) is 18.8 Å². The Morgan fingerprint density at radius 2 is 1.87 bits per heavy atom. The molecule has 1 heterocycles. The summed E-state index contributed by atoms with van der Waals surface area (Å²) in [5.74, 6) is 0.972. The zero-order valence-corrected chi connectivity index (χ0v) is 9.20. The lowest BCUT2D eigenvalue weighted by molar-refractivity contribution is 0.494. The first-order chi connectivity index (χ1) is 7.09. The molecular formula is C12H17FN2. The minimum absolute atomic E-state index is 0.277. The van der Waals surface area contributed by atoms with E-state index in [1.54, 1.807) is 6.07 Å². The molecule has 2 rings (SSSR count). The highest BCUT2D eigenvalue weighted by molar-refractivity contribution is 5.68. The lowest BCUT2D eigenvalue weighted by Crippen LogP contribution is -2.21. The van der Waals surface area contributed by atoms with E-state index >= 15 is 0 Å². The van der Waals surface area contributed by atoms with Crippen LogP contribution in [0.5, 0.6) is 0 Å². The zero-order valence-electron chi connectivity index (χ0n) is 9.20. The van der Waals surface area contributed by atoms with Gasteiger partial charge < -0.3 is 10.6 Å². The molecule has 0 aromatic heterocycles. The lowest BCUT2D eigenvalue weighted by Gasteiger charge is -2.20. The van der Waals surface area contributed by atoms with E-state index in [0.29, 0.717) is 11.8 Å². The number of nitrogens with two attached hydrogens (primary N) is 1. The molecule has 0 bridgehead atoms. The second-order valence-corrected chi connectivity index (χ2v) is 4.53. The van der Waals surface area contributed by atoms with Crippen molar-refractivity contribution in [3.05, 3.63) is 24.0 Å². The van der Waals surface area contributed by atoms with Crippen molar-refractivity contribution in [2.75, 3.05) is 23.7 Å². The standard InChI is InChI=1S/C12H17FN2/c1-8-6-15(7-9(8)2)11-5-3-4-10(13)12(11)14/h3-5,8-9H,6-7,14H2,1-2H3. The maximum absolute atomic E-state index is 13.3. The molecule has 1 aliphatic rings. The number of para-hydroxylation sites is 1. The minimum Gasteiger partial charge on any atom is -0.395 e. The smallest absolute Gasteiger partial charge is 0.148 e. The molecule has 82 valence electrons. The second-order valence-electron chi connectivity index (χ2n) is 4.53. The van der Waals surface area contributed by atoms with Gasteiger partial charge in [0.2, 0.25) is 0 Å². The van der Waals surface area contributed by atoms with Gasteiger partial charge in [-0.05, 0) is 24.0 Å². The van der Waals surface area contributed by atoms with E-state index in [1.807, 2.05) is 6.07 Å².